The summed E-state index contributed by atoms with van der Waals surface area (Å²) in [7, 11) is 0. The van der Waals surface area contributed by atoms with Gasteiger partial charge in [-0.15, -0.1) is 10.2 Å². The molecule has 0 bridgehead atoms. The summed E-state index contributed by atoms with van der Waals surface area (Å²) in [5, 5.41) is 12.8. The van der Waals surface area contributed by atoms with Gasteiger partial charge in [-0.3, -0.25) is 4.79 Å². The number of nitrogens with zero attached hydrogens (tertiary/aromatic N) is 4. The summed E-state index contributed by atoms with van der Waals surface area (Å²) >= 11 is 2.84. The molecule has 0 saturated carbocycles. The van der Waals surface area contributed by atoms with E-state index < -0.39 is 0 Å². The van der Waals surface area contributed by atoms with Crippen LogP contribution in [0.5, 0.6) is 0 Å². The van der Waals surface area contributed by atoms with Crippen LogP contribution in [-0.4, -0.2) is 41.2 Å². The van der Waals surface area contributed by atoms with Crippen LogP contribution in [0, 0.1) is 6.92 Å². The molecule has 1 N–H and O–H groups in total. The molecule has 1 heterocycles. The minimum Gasteiger partial charge on any atom is -0.372 e. The molecule has 0 radical (unpaired) electrons. The first-order valence-electron chi connectivity index (χ1n) is 7.72. The number of hydrogen-bond acceptors (Lipinski definition) is 7. The number of thioether (sulfide) groups is 1. The highest BCUT2D eigenvalue weighted by molar-refractivity contribution is 8.01. The fourth-order valence-electron chi connectivity index (χ4n) is 2.04. The maximum Gasteiger partial charge on any atom is 0.250 e. The van der Waals surface area contributed by atoms with Gasteiger partial charge in [0.05, 0.1) is 12.0 Å². The standard InChI is InChI=1S/C16H21N5OS2/c1-4-21(5-2)14-8-6-13(7-9-14)10-17-19-15(22)11-23-16-20-18-12(3)24-16/h6-10H,4-5,11H2,1-3H3,(H,19,22)/b17-10+. The summed E-state index contributed by atoms with van der Waals surface area (Å²) in [5.74, 6) is 0.108. The summed E-state index contributed by atoms with van der Waals surface area (Å²) in [6.07, 6.45) is 1.64. The molecule has 0 aliphatic rings. The molecule has 8 heteroatoms. The number of aryl methyl sites for hydroxylation is 1. The Bertz CT molecular complexity index is 680. The molecule has 2 aromatic rings. The molecule has 0 atom stereocenters. The minimum atomic E-state index is -0.163. The largest absolute Gasteiger partial charge is 0.372 e. The van der Waals surface area contributed by atoms with E-state index in [2.05, 4.69) is 51.6 Å². The molecule has 128 valence electrons. The normalized spacial score (nSPS) is 11.0. The van der Waals surface area contributed by atoms with E-state index in [1.165, 1.54) is 28.8 Å². The van der Waals surface area contributed by atoms with Crippen LogP contribution >= 0.6 is 23.1 Å². The van der Waals surface area contributed by atoms with Gasteiger partial charge in [0.1, 0.15) is 5.01 Å². The zero-order chi connectivity index (χ0) is 17.4. The van der Waals surface area contributed by atoms with Gasteiger partial charge in [0.15, 0.2) is 4.34 Å². The molecule has 0 saturated heterocycles. The molecule has 6 nitrogen and oxygen atoms in total. The molecule has 2 rings (SSSR count). The Morgan fingerprint density at radius 1 is 1.29 bits per heavy atom. The Hall–Kier alpha value is -1.93. The average molecular weight is 364 g/mol. The van der Waals surface area contributed by atoms with Gasteiger partial charge >= 0.3 is 0 Å². The number of hydrogen-bond donors (Lipinski definition) is 1. The first-order chi connectivity index (χ1) is 11.6. The van der Waals surface area contributed by atoms with Crippen molar-refractivity contribution in [3.05, 3.63) is 34.8 Å². The van der Waals surface area contributed by atoms with Gasteiger partial charge in [0, 0.05) is 18.8 Å². The van der Waals surface area contributed by atoms with Crippen molar-refractivity contribution in [2.75, 3.05) is 23.7 Å². The number of hydrazone groups is 1. The number of anilines is 1. The van der Waals surface area contributed by atoms with Crippen molar-refractivity contribution in [3.63, 3.8) is 0 Å². The third kappa shape index (κ3) is 5.61. The van der Waals surface area contributed by atoms with Gasteiger partial charge in [0.25, 0.3) is 5.91 Å². The molecule has 0 spiro atoms. The van der Waals surface area contributed by atoms with Crippen molar-refractivity contribution < 1.29 is 4.79 Å². The van der Waals surface area contributed by atoms with Gasteiger partial charge in [-0.2, -0.15) is 5.10 Å². The SMILES string of the molecule is CCN(CC)c1ccc(/C=N/NC(=O)CSc2nnc(C)s2)cc1. The highest BCUT2D eigenvalue weighted by Gasteiger charge is 2.05. The molecule has 0 aliphatic heterocycles. The van der Waals surface area contributed by atoms with Crippen LogP contribution in [-0.2, 0) is 4.79 Å². The fourth-order valence-corrected chi connectivity index (χ4v) is 3.64. The highest BCUT2D eigenvalue weighted by atomic mass is 32.2. The van der Waals surface area contributed by atoms with Crippen molar-refractivity contribution in [2.45, 2.75) is 25.1 Å². The second-order valence-electron chi connectivity index (χ2n) is 4.93. The van der Waals surface area contributed by atoms with Crippen molar-refractivity contribution in [3.8, 4) is 0 Å². The van der Waals surface area contributed by atoms with Crippen LogP contribution in [0.1, 0.15) is 24.4 Å². The summed E-state index contributed by atoms with van der Waals surface area (Å²) in [6.45, 7) is 8.11. The highest BCUT2D eigenvalue weighted by Crippen LogP contribution is 2.21. The van der Waals surface area contributed by atoms with E-state index >= 15 is 0 Å². The Kier molecular flexibility index (Phi) is 7.20. The van der Waals surface area contributed by atoms with E-state index in [9.17, 15) is 4.79 Å². The van der Waals surface area contributed by atoms with Crippen LogP contribution < -0.4 is 10.3 Å². The first-order valence-corrected chi connectivity index (χ1v) is 9.52. The van der Waals surface area contributed by atoms with Gasteiger partial charge in [-0.05, 0) is 38.5 Å². The lowest BCUT2D eigenvalue weighted by Gasteiger charge is -2.20. The number of rotatable bonds is 8. The van der Waals surface area contributed by atoms with Crippen LogP contribution in [0.15, 0.2) is 33.7 Å². The Morgan fingerprint density at radius 2 is 2.00 bits per heavy atom. The lowest BCUT2D eigenvalue weighted by molar-refractivity contribution is -0.118. The second-order valence-corrected chi connectivity index (χ2v) is 7.34. The number of aromatic nitrogens is 2. The fraction of sp³-hybridized carbons (Fsp3) is 0.375. The van der Waals surface area contributed by atoms with Crippen LogP contribution in [0.3, 0.4) is 0 Å². The van der Waals surface area contributed by atoms with E-state index in [0.717, 1.165) is 28.0 Å². The van der Waals surface area contributed by atoms with Crippen molar-refractivity contribution in [1.82, 2.24) is 15.6 Å². The second kappa shape index (κ2) is 9.39. The lowest BCUT2D eigenvalue weighted by Crippen LogP contribution is -2.21. The zero-order valence-electron chi connectivity index (χ0n) is 14.0. The molecule has 1 amide bonds. The topological polar surface area (TPSA) is 70.5 Å². The molecular weight excluding hydrogens is 342 g/mol. The smallest absolute Gasteiger partial charge is 0.250 e. The lowest BCUT2D eigenvalue weighted by atomic mass is 10.2. The van der Waals surface area contributed by atoms with Gasteiger partial charge in [-0.25, -0.2) is 5.43 Å². The number of carbonyl (C=O) groups is 1. The van der Waals surface area contributed by atoms with Crippen molar-refractivity contribution in [2.24, 2.45) is 5.10 Å². The summed E-state index contributed by atoms with van der Waals surface area (Å²) in [5.41, 5.74) is 4.65. The maximum absolute atomic E-state index is 11.7. The molecule has 0 fully saturated rings. The molecular formula is C16H21N5OS2. The molecule has 1 aromatic carbocycles. The van der Waals surface area contributed by atoms with Crippen molar-refractivity contribution >= 4 is 40.9 Å². The Morgan fingerprint density at radius 3 is 2.58 bits per heavy atom. The summed E-state index contributed by atoms with van der Waals surface area (Å²) in [4.78, 5) is 14.0. The number of carbonyl (C=O) groups excluding carboxylic acids is 1. The quantitative estimate of drug-likeness (QED) is 0.444. The molecule has 24 heavy (non-hydrogen) atoms. The monoisotopic (exact) mass is 363 g/mol. The zero-order valence-corrected chi connectivity index (χ0v) is 15.7. The third-order valence-electron chi connectivity index (χ3n) is 3.26. The molecule has 0 aliphatic carbocycles. The predicted octanol–water partition coefficient (Wildman–Crippen LogP) is 2.94. The number of benzene rings is 1. The maximum atomic E-state index is 11.7. The van der Waals surface area contributed by atoms with Crippen LogP contribution in [0.25, 0.3) is 0 Å². The van der Waals surface area contributed by atoms with Crippen molar-refractivity contribution in [1.29, 1.82) is 0 Å². The van der Waals surface area contributed by atoms with Gasteiger partial charge in [-0.1, -0.05) is 35.2 Å². The first kappa shape index (κ1) is 18.4. The Balaban J connectivity index is 1.79. The third-order valence-corrected chi connectivity index (χ3v) is 5.23. The van der Waals surface area contributed by atoms with Gasteiger partial charge in [0.2, 0.25) is 0 Å². The average Bonchev–Trinajstić information content (AvgIpc) is 3.01. The van der Waals surface area contributed by atoms with Crippen LogP contribution in [0.4, 0.5) is 5.69 Å². The number of amides is 1. The van der Waals surface area contributed by atoms with Crippen LogP contribution in [0.2, 0.25) is 0 Å². The Labute approximate surface area is 150 Å². The predicted molar refractivity (Wildman–Crippen MR) is 101 cm³/mol. The molecule has 0 unspecified atom stereocenters. The summed E-state index contributed by atoms with van der Waals surface area (Å²) in [6, 6.07) is 8.10. The van der Waals surface area contributed by atoms with Gasteiger partial charge < -0.3 is 4.90 Å². The minimum absolute atomic E-state index is 0.163. The van der Waals surface area contributed by atoms with E-state index in [1.54, 1.807) is 6.21 Å². The number of nitrogens with one attached hydrogen (secondary N) is 1. The molecule has 1 aromatic heterocycles. The summed E-state index contributed by atoms with van der Waals surface area (Å²) < 4.78 is 0.790. The van der Waals surface area contributed by atoms with E-state index in [4.69, 9.17) is 0 Å². The van der Waals surface area contributed by atoms with E-state index in [-0.39, 0.29) is 11.7 Å². The van der Waals surface area contributed by atoms with E-state index in [0.29, 0.717) is 0 Å². The van der Waals surface area contributed by atoms with E-state index in [1.807, 2.05) is 19.1 Å².